The Balaban J connectivity index is 1.99. The highest BCUT2D eigenvalue weighted by Crippen LogP contribution is 2.38. The van der Waals surface area contributed by atoms with Gasteiger partial charge in [0, 0.05) is 24.1 Å². The van der Waals surface area contributed by atoms with Crippen LogP contribution in [-0.2, 0) is 15.8 Å². The van der Waals surface area contributed by atoms with Crippen LogP contribution in [0.4, 0.5) is 5.69 Å². The monoisotopic (exact) mass is 391 g/mol. The van der Waals surface area contributed by atoms with Gasteiger partial charge in [0.2, 0.25) is 0 Å². The maximum absolute atomic E-state index is 11.2. The second-order valence-corrected chi connectivity index (χ2v) is 13.5. The van der Waals surface area contributed by atoms with Crippen LogP contribution in [0.15, 0.2) is 18.2 Å². The van der Waals surface area contributed by atoms with Gasteiger partial charge in [0.25, 0.3) is 5.69 Å². The molecule has 0 amide bonds. The molecule has 1 aromatic carbocycles. The van der Waals surface area contributed by atoms with Gasteiger partial charge in [0.15, 0.2) is 14.5 Å². The fourth-order valence-electron chi connectivity index (χ4n) is 3.01. The molecule has 0 spiro atoms. The Morgan fingerprint density at radius 2 is 2.11 bits per heavy atom. The first-order chi connectivity index (χ1) is 12.6. The molecule has 1 unspecified atom stereocenters. The number of rotatable bonds is 5. The Labute approximate surface area is 160 Å². The average Bonchev–Trinajstić information content (AvgIpc) is 2.98. The largest absolute Gasteiger partial charge is 0.411 e. The molecule has 148 valence electrons. The number of benzene rings is 1. The molecule has 0 N–H and O–H groups in total. The van der Waals surface area contributed by atoms with Gasteiger partial charge in [-0.2, -0.15) is 5.10 Å². The van der Waals surface area contributed by atoms with Crippen LogP contribution in [0.1, 0.15) is 52.0 Å². The Morgan fingerprint density at radius 3 is 2.70 bits per heavy atom. The fourth-order valence-corrected chi connectivity index (χ4v) is 3.94. The minimum absolute atomic E-state index is 0.0660. The van der Waals surface area contributed by atoms with Crippen molar-refractivity contribution in [1.82, 2.24) is 9.78 Å². The normalized spacial score (nSPS) is 18.8. The number of nitro benzene ring substituents is 1. The van der Waals surface area contributed by atoms with Crippen molar-refractivity contribution in [3.8, 4) is 0 Å². The maximum Gasteiger partial charge on any atom is 0.271 e. The first-order valence-corrected chi connectivity index (χ1v) is 12.4. The van der Waals surface area contributed by atoms with Gasteiger partial charge in [0.05, 0.1) is 22.7 Å². The quantitative estimate of drug-likeness (QED) is 0.399. The van der Waals surface area contributed by atoms with Crippen LogP contribution in [0.25, 0.3) is 10.9 Å². The predicted molar refractivity (Wildman–Crippen MR) is 107 cm³/mol. The summed E-state index contributed by atoms with van der Waals surface area (Å²) in [5.74, 6) is 0. The number of hydrogen-bond acceptors (Lipinski definition) is 5. The molecule has 2 heterocycles. The maximum atomic E-state index is 11.2. The van der Waals surface area contributed by atoms with Crippen molar-refractivity contribution in [3.63, 3.8) is 0 Å². The molecule has 1 aliphatic rings. The Hall–Kier alpha value is -1.77. The van der Waals surface area contributed by atoms with Gasteiger partial charge in [-0.15, -0.1) is 0 Å². The van der Waals surface area contributed by atoms with Crippen LogP contribution >= 0.6 is 0 Å². The van der Waals surface area contributed by atoms with Crippen molar-refractivity contribution < 1.29 is 14.1 Å². The van der Waals surface area contributed by atoms with Crippen molar-refractivity contribution >= 4 is 24.9 Å². The lowest BCUT2D eigenvalue weighted by molar-refractivity contribution is -0.384. The van der Waals surface area contributed by atoms with Crippen LogP contribution in [0.2, 0.25) is 18.1 Å². The molecule has 8 heteroatoms. The average molecular weight is 392 g/mol. The number of nitrogens with zero attached hydrogens (tertiary/aromatic N) is 3. The molecular formula is C19H29N3O4Si. The summed E-state index contributed by atoms with van der Waals surface area (Å²) in [6.45, 7) is 12.1. The van der Waals surface area contributed by atoms with Crippen molar-refractivity contribution in [2.75, 3.05) is 6.61 Å². The lowest BCUT2D eigenvalue weighted by atomic mass is 10.1. The zero-order valence-electron chi connectivity index (χ0n) is 16.8. The second kappa shape index (κ2) is 7.33. The number of hydrogen-bond donors (Lipinski definition) is 0. The molecule has 7 nitrogen and oxygen atoms in total. The first kappa shape index (κ1) is 20.0. The van der Waals surface area contributed by atoms with Crippen LogP contribution in [0, 0.1) is 10.1 Å². The van der Waals surface area contributed by atoms with E-state index in [1.165, 1.54) is 6.07 Å². The molecule has 0 radical (unpaired) electrons. The van der Waals surface area contributed by atoms with E-state index in [0.29, 0.717) is 13.2 Å². The highest BCUT2D eigenvalue weighted by atomic mass is 28.4. The second-order valence-electron chi connectivity index (χ2n) is 8.72. The van der Waals surface area contributed by atoms with Crippen molar-refractivity contribution in [1.29, 1.82) is 0 Å². The molecule has 2 aromatic rings. The van der Waals surface area contributed by atoms with E-state index < -0.39 is 8.32 Å². The van der Waals surface area contributed by atoms with Crippen LogP contribution in [-0.4, -0.2) is 29.6 Å². The molecule has 0 saturated carbocycles. The molecule has 1 saturated heterocycles. The molecule has 1 aromatic heterocycles. The highest BCUT2D eigenvalue weighted by Gasteiger charge is 2.37. The summed E-state index contributed by atoms with van der Waals surface area (Å²) >= 11 is 0. The third kappa shape index (κ3) is 4.07. The smallest absolute Gasteiger partial charge is 0.271 e. The number of fused-ring (bicyclic) bond motifs is 1. The summed E-state index contributed by atoms with van der Waals surface area (Å²) < 4.78 is 14.1. The van der Waals surface area contributed by atoms with Gasteiger partial charge in [0.1, 0.15) is 0 Å². The number of aromatic nitrogens is 2. The third-order valence-electron chi connectivity index (χ3n) is 5.78. The van der Waals surface area contributed by atoms with E-state index in [4.69, 9.17) is 14.3 Å². The summed E-state index contributed by atoms with van der Waals surface area (Å²) in [4.78, 5) is 10.9. The third-order valence-corrected chi connectivity index (χ3v) is 10.3. The van der Waals surface area contributed by atoms with E-state index in [1.807, 2.05) is 4.68 Å². The van der Waals surface area contributed by atoms with Crippen LogP contribution < -0.4 is 0 Å². The van der Waals surface area contributed by atoms with Crippen LogP contribution in [0.3, 0.4) is 0 Å². The predicted octanol–water partition coefficient (Wildman–Crippen LogP) is 5.17. The van der Waals surface area contributed by atoms with Gasteiger partial charge < -0.3 is 9.16 Å². The summed E-state index contributed by atoms with van der Waals surface area (Å²) in [5.41, 5.74) is 1.63. The molecular weight excluding hydrogens is 362 g/mol. The Kier molecular flexibility index (Phi) is 5.42. The van der Waals surface area contributed by atoms with Gasteiger partial charge in [-0.1, -0.05) is 20.8 Å². The molecule has 0 aliphatic carbocycles. The standard InChI is InChI=1S/C19H29N3O4Si/c1-19(2,3)27(4,5)26-13-16-15-10-9-14(22(23)24)12-17(15)21(20-16)18-8-6-7-11-25-18/h9-10,12,18H,6-8,11,13H2,1-5H3. The van der Waals surface area contributed by atoms with Gasteiger partial charge >= 0.3 is 0 Å². The summed E-state index contributed by atoms with van der Waals surface area (Å²) in [6.07, 6.45) is 2.79. The van der Waals surface area contributed by atoms with Gasteiger partial charge in [-0.3, -0.25) is 10.1 Å². The minimum Gasteiger partial charge on any atom is -0.411 e. The molecule has 1 aliphatic heterocycles. The van der Waals surface area contributed by atoms with E-state index in [0.717, 1.165) is 35.9 Å². The summed E-state index contributed by atoms with van der Waals surface area (Å²) in [6, 6.07) is 4.91. The first-order valence-electron chi connectivity index (χ1n) is 9.51. The highest BCUT2D eigenvalue weighted by molar-refractivity contribution is 6.74. The van der Waals surface area contributed by atoms with E-state index in [9.17, 15) is 10.1 Å². The summed E-state index contributed by atoms with van der Waals surface area (Å²) in [7, 11) is -1.92. The lowest BCUT2D eigenvalue weighted by Gasteiger charge is -2.35. The van der Waals surface area contributed by atoms with Crippen molar-refractivity contribution in [2.45, 2.75) is 71.0 Å². The lowest BCUT2D eigenvalue weighted by Crippen LogP contribution is -2.40. The van der Waals surface area contributed by atoms with Gasteiger partial charge in [-0.05, 0) is 43.5 Å². The van der Waals surface area contributed by atoms with Crippen molar-refractivity contribution in [2.24, 2.45) is 0 Å². The molecule has 3 rings (SSSR count). The van der Waals surface area contributed by atoms with E-state index >= 15 is 0 Å². The number of ether oxygens (including phenoxy) is 1. The SMILES string of the molecule is CC(C)(C)[Si](C)(C)OCc1nn(C2CCCCO2)c2cc([N+](=O)[O-])ccc12. The molecule has 0 bridgehead atoms. The Morgan fingerprint density at radius 1 is 1.37 bits per heavy atom. The Bertz CT molecular complexity index is 835. The number of nitro groups is 1. The topological polar surface area (TPSA) is 79.4 Å². The van der Waals surface area contributed by atoms with Crippen molar-refractivity contribution in [3.05, 3.63) is 34.0 Å². The molecule has 1 atom stereocenters. The van der Waals surface area contributed by atoms with Gasteiger partial charge in [-0.25, -0.2) is 4.68 Å². The zero-order chi connectivity index (χ0) is 19.8. The minimum atomic E-state index is -1.92. The van der Waals surface area contributed by atoms with E-state index in [1.54, 1.807) is 12.1 Å². The molecule has 1 fully saturated rings. The summed E-state index contributed by atoms with van der Waals surface area (Å²) in [5, 5.41) is 17.0. The zero-order valence-corrected chi connectivity index (χ0v) is 17.8. The van der Waals surface area contributed by atoms with Crippen LogP contribution in [0.5, 0.6) is 0 Å². The van der Waals surface area contributed by atoms with E-state index in [2.05, 4.69) is 33.9 Å². The number of non-ortho nitro benzene ring substituents is 1. The molecule has 27 heavy (non-hydrogen) atoms. The fraction of sp³-hybridized carbons (Fsp3) is 0.632. The van der Waals surface area contributed by atoms with E-state index in [-0.39, 0.29) is 21.9 Å².